The summed E-state index contributed by atoms with van der Waals surface area (Å²) in [4.78, 5) is 11.9. The van der Waals surface area contributed by atoms with Crippen molar-refractivity contribution in [1.82, 2.24) is 0 Å². The van der Waals surface area contributed by atoms with Gasteiger partial charge >= 0.3 is 5.97 Å². The van der Waals surface area contributed by atoms with Crippen LogP contribution in [-0.4, -0.2) is 5.97 Å². The average molecular weight is 290 g/mol. The minimum Gasteiger partial charge on any atom is -0.433 e. The molecular weight excluding hydrogens is 274 g/mol. The Labute approximate surface area is 123 Å². The van der Waals surface area contributed by atoms with E-state index in [0.29, 0.717) is 16.2 Å². The summed E-state index contributed by atoms with van der Waals surface area (Å²) in [6, 6.07) is 8.89. The number of halogens is 1. The molecule has 0 N–H and O–H groups in total. The zero-order chi connectivity index (χ0) is 14.4. The molecule has 1 fully saturated rings. The molecule has 1 aromatic carbocycles. The fourth-order valence-corrected chi connectivity index (χ4v) is 2.47. The van der Waals surface area contributed by atoms with Crippen molar-refractivity contribution in [2.24, 2.45) is 5.92 Å². The summed E-state index contributed by atoms with van der Waals surface area (Å²) in [6.45, 7) is 0. The Kier molecular flexibility index (Phi) is 5.20. The molecule has 0 unspecified atom stereocenters. The van der Waals surface area contributed by atoms with Gasteiger partial charge in [0, 0.05) is 5.02 Å². The smallest absolute Gasteiger partial charge is 0.313 e. The molecule has 0 aliphatic heterocycles. The lowest BCUT2D eigenvalue weighted by molar-refractivity contribution is -0.143. The minimum atomic E-state index is -0.230. The fraction of sp³-hybridized carbons (Fsp3) is 0.375. The molecule has 3 nitrogen and oxygen atoms in total. The first kappa shape index (κ1) is 14.6. The Morgan fingerprint density at radius 3 is 2.50 bits per heavy atom. The lowest BCUT2D eigenvalue weighted by Gasteiger charge is -2.18. The number of carbonyl (C=O) groups is 1. The highest BCUT2D eigenvalue weighted by Gasteiger charge is 2.22. The Morgan fingerprint density at radius 1 is 1.25 bits per heavy atom. The second-order valence-corrected chi connectivity index (χ2v) is 5.36. The van der Waals surface area contributed by atoms with Crippen molar-refractivity contribution in [2.75, 3.05) is 0 Å². The second-order valence-electron chi connectivity index (χ2n) is 4.92. The zero-order valence-corrected chi connectivity index (χ0v) is 11.9. The summed E-state index contributed by atoms with van der Waals surface area (Å²) in [5.41, 5.74) is 1.01. The number of rotatable bonds is 3. The molecule has 0 bridgehead atoms. The Morgan fingerprint density at radius 2 is 1.90 bits per heavy atom. The number of ether oxygens (including phenoxy) is 1. The van der Waals surface area contributed by atoms with Crippen LogP contribution in [0.3, 0.4) is 0 Å². The third-order valence-electron chi connectivity index (χ3n) is 3.51. The van der Waals surface area contributed by atoms with Crippen LogP contribution < -0.4 is 0 Å². The van der Waals surface area contributed by atoms with Gasteiger partial charge < -0.3 is 4.74 Å². The van der Waals surface area contributed by atoms with E-state index in [1.54, 1.807) is 24.3 Å². The molecule has 1 aromatic rings. The number of hydrogen-bond donors (Lipinski definition) is 0. The van der Waals surface area contributed by atoms with Crippen LogP contribution in [0.4, 0.5) is 0 Å². The van der Waals surface area contributed by atoms with Crippen LogP contribution in [0, 0.1) is 17.2 Å². The van der Waals surface area contributed by atoms with Crippen LogP contribution in [-0.2, 0) is 9.53 Å². The summed E-state index contributed by atoms with van der Waals surface area (Å²) in [7, 11) is 0. The van der Waals surface area contributed by atoms with Gasteiger partial charge in [0.05, 0.1) is 11.5 Å². The van der Waals surface area contributed by atoms with E-state index >= 15 is 0 Å². The summed E-state index contributed by atoms with van der Waals surface area (Å²) in [6.07, 6.45) is 6.36. The van der Waals surface area contributed by atoms with Gasteiger partial charge in [-0.2, -0.15) is 5.26 Å². The van der Waals surface area contributed by atoms with E-state index in [4.69, 9.17) is 21.6 Å². The van der Waals surface area contributed by atoms with Gasteiger partial charge in [-0.25, -0.2) is 0 Å². The van der Waals surface area contributed by atoms with E-state index in [1.807, 2.05) is 6.07 Å². The van der Waals surface area contributed by atoms with Crippen molar-refractivity contribution < 1.29 is 9.53 Å². The van der Waals surface area contributed by atoms with Crippen molar-refractivity contribution in [1.29, 1.82) is 5.26 Å². The maximum Gasteiger partial charge on any atom is 0.313 e. The molecule has 4 heteroatoms. The standard InChI is InChI=1S/C16H16ClNO2/c17-15-8-6-12(7-9-15)14(10-18)11-20-16(19)13-4-2-1-3-5-13/h6-9,11,13H,1-5H2/b14-11+. The normalized spacial score (nSPS) is 16.5. The molecule has 0 atom stereocenters. The molecule has 0 aromatic heterocycles. The van der Waals surface area contributed by atoms with Gasteiger partial charge in [0.1, 0.15) is 12.3 Å². The number of carbonyl (C=O) groups excluding carboxylic acids is 1. The molecule has 1 aliphatic carbocycles. The maximum atomic E-state index is 11.9. The van der Waals surface area contributed by atoms with E-state index < -0.39 is 0 Å². The molecule has 104 valence electrons. The van der Waals surface area contributed by atoms with Gasteiger partial charge in [-0.3, -0.25) is 4.79 Å². The molecule has 2 rings (SSSR count). The van der Waals surface area contributed by atoms with E-state index in [1.165, 1.54) is 12.7 Å². The predicted molar refractivity (Wildman–Crippen MR) is 77.7 cm³/mol. The van der Waals surface area contributed by atoms with Crippen LogP contribution >= 0.6 is 11.6 Å². The van der Waals surface area contributed by atoms with Gasteiger partial charge in [-0.05, 0) is 30.5 Å². The van der Waals surface area contributed by atoms with Crippen LogP contribution in [0.1, 0.15) is 37.7 Å². The van der Waals surface area contributed by atoms with Crippen LogP contribution in [0.15, 0.2) is 30.5 Å². The van der Waals surface area contributed by atoms with Gasteiger partial charge in [-0.15, -0.1) is 0 Å². The van der Waals surface area contributed by atoms with Gasteiger partial charge in [-0.1, -0.05) is 43.0 Å². The van der Waals surface area contributed by atoms with Crippen LogP contribution in [0.25, 0.3) is 5.57 Å². The molecule has 0 spiro atoms. The molecule has 0 heterocycles. The first-order valence-corrected chi connectivity index (χ1v) is 7.15. The third-order valence-corrected chi connectivity index (χ3v) is 3.76. The molecule has 1 aliphatic rings. The molecular formula is C16H16ClNO2. The highest BCUT2D eigenvalue weighted by atomic mass is 35.5. The summed E-state index contributed by atoms with van der Waals surface area (Å²) in [5, 5.41) is 9.73. The predicted octanol–water partition coefficient (Wildman–Crippen LogP) is 4.33. The van der Waals surface area contributed by atoms with E-state index in [9.17, 15) is 4.79 Å². The number of benzene rings is 1. The molecule has 1 saturated carbocycles. The summed E-state index contributed by atoms with van der Waals surface area (Å²) < 4.78 is 5.16. The van der Waals surface area contributed by atoms with Crippen molar-refractivity contribution in [3.05, 3.63) is 41.1 Å². The van der Waals surface area contributed by atoms with Crippen LogP contribution in [0.5, 0.6) is 0 Å². The van der Waals surface area contributed by atoms with Gasteiger partial charge in [0.25, 0.3) is 0 Å². The Hall–Kier alpha value is -1.79. The molecule has 20 heavy (non-hydrogen) atoms. The maximum absolute atomic E-state index is 11.9. The third kappa shape index (κ3) is 3.85. The zero-order valence-electron chi connectivity index (χ0n) is 11.1. The first-order valence-electron chi connectivity index (χ1n) is 6.77. The first-order chi connectivity index (χ1) is 9.70. The lowest BCUT2D eigenvalue weighted by atomic mass is 9.89. The summed E-state index contributed by atoms with van der Waals surface area (Å²) in [5.74, 6) is -0.253. The van der Waals surface area contributed by atoms with Crippen molar-refractivity contribution in [2.45, 2.75) is 32.1 Å². The van der Waals surface area contributed by atoms with Crippen molar-refractivity contribution in [3.8, 4) is 6.07 Å². The lowest BCUT2D eigenvalue weighted by Crippen LogP contribution is -2.18. The Bertz CT molecular complexity index is 537. The quantitative estimate of drug-likeness (QED) is 0.473. The molecule has 0 radical (unpaired) electrons. The van der Waals surface area contributed by atoms with Gasteiger partial charge in [0.2, 0.25) is 0 Å². The number of esters is 1. The van der Waals surface area contributed by atoms with E-state index in [0.717, 1.165) is 25.7 Å². The topological polar surface area (TPSA) is 50.1 Å². The van der Waals surface area contributed by atoms with Crippen molar-refractivity contribution >= 4 is 23.1 Å². The summed E-state index contributed by atoms with van der Waals surface area (Å²) >= 11 is 5.80. The Balaban J connectivity index is 2.02. The SMILES string of the molecule is N#C/C(=C\OC(=O)C1CCCCC1)c1ccc(Cl)cc1. The van der Waals surface area contributed by atoms with E-state index in [-0.39, 0.29) is 11.9 Å². The highest BCUT2D eigenvalue weighted by Crippen LogP contribution is 2.25. The number of nitriles is 1. The number of allylic oxidation sites excluding steroid dienone is 1. The largest absolute Gasteiger partial charge is 0.433 e. The minimum absolute atomic E-state index is 0.0230. The highest BCUT2D eigenvalue weighted by molar-refractivity contribution is 6.30. The van der Waals surface area contributed by atoms with Crippen LogP contribution in [0.2, 0.25) is 5.02 Å². The van der Waals surface area contributed by atoms with Crippen molar-refractivity contribution in [3.63, 3.8) is 0 Å². The monoisotopic (exact) mass is 289 g/mol. The molecule has 0 saturated heterocycles. The molecule has 0 amide bonds. The number of nitrogens with zero attached hydrogens (tertiary/aromatic N) is 1. The number of hydrogen-bond acceptors (Lipinski definition) is 3. The fourth-order valence-electron chi connectivity index (χ4n) is 2.34. The van der Waals surface area contributed by atoms with Gasteiger partial charge in [0.15, 0.2) is 0 Å². The average Bonchev–Trinajstić information content (AvgIpc) is 2.50. The second kappa shape index (κ2) is 7.12. The van der Waals surface area contributed by atoms with E-state index in [2.05, 4.69) is 0 Å².